The van der Waals surface area contributed by atoms with E-state index in [0.29, 0.717) is 26.4 Å². The van der Waals surface area contributed by atoms with Crippen LogP contribution >= 0.6 is 0 Å². The summed E-state index contributed by atoms with van der Waals surface area (Å²) in [5.74, 6) is 0.791. The van der Waals surface area contributed by atoms with Gasteiger partial charge < -0.3 is 14.4 Å². The van der Waals surface area contributed by atoms with Gasteiger partial charge in [-0.25, -0.2) is 18.1 Å². The molecule has 0 bridgehead atoms. The molecule has 0 saturated carbocycles. The first-order valence-corrected chi connectivity index (χ1v) is 14.9. The smallest absolute Gasteiger partial charge is 0.240 e. The van der Waals surface area contributed by atoms with Crippen LogP contribution in [0, 0.1) is 0 Å². The molecule has 1 aromatic heterocycles. The molecule has 40 heavy (non-hydrogen) atoms. The van der Waals surface area contributed by atoms with E-state index < -0.39 is 10.0 Å². The highest BCUT2D eigenvalue weighted by molar-refractivity contribution is 7.89. The molecule has 4 rings (SSSR count). The van der Waals surface area contributed by atoms with E-state index in [0.717, 1.165) is 28.3 Å². The SMILES string of the molecule is CC(C)N(CCOCCOCCNS(=O)(=O)c1ccccc1)c1cnc(-c2ccccc2)c(-c2ccccc2)n1. The molecule has 0 spiro atoms. The van der Waals surface area contributed by atoms with E-state index >= 15 is 0 Å². The largest absolute Gasteiger partial charge is 0.378 e. The van der Waals surface area contributed by atoms with Gasteiger partial charge in [0.05, 0.1) is 48.9 Å². The summed E-state index contributed by atoms with van der Waals surface area (Å²) in [6, 6.07) is 28.7. The Bertz CT molecular complexity index is 1420. The normalized spacial score (nSPS) is 11.6. The van der Waals surface area contributed by atoms with Gasteiger partial charge in [0.25, 0.3) is 0 Å². The third-order valence-electron chi connectivity index (χ3n) is 6.21. The van der Waals surface area contributed by atoms with Crippen LogP contribution in [0.15, 0.2) is 102 Å². The number of rotatable bonds is 15. The predicted molar refractivity (Wildman–Crippen MR) is 159 cm³/mol. The molecule has 0 aliphatic heterocycles. The first-order valence-electron chi connectivity index (χ1n) is 13.4. The molecule has 1 heterocycles. The number of hydrogen-bond donors (Lipinski definition) is 1. The van der Waals surface area contributed by atoms with Crippen LogP contribution in [0.25, 0.3) is 22.5 Å². The highest BCUT2D eigenvalue weighted by atomic mass is 32.2. The number of nitrogens with one attached hydrogen (secondary N) is 1. The Morgan fingerprint density at radius 3 is 1.90 bits per heavy atom. The Balaban J connectivity index is 1.28. The third kappa shape index (κ3) is 8.19. The molecule has 8 nitrogen and oxygen atoms in total. The van der Waals surface area contributed by atoms with E-state index in [1.165, 1.54) is 0 Å². The van der Waals surface area contributed by atoms with Crippen molar-refractivity contribution in [2.75, 3.05) is 44.4 Å². The molecule has 210 valence electrons. The van der Waals surface area contributed by atoms with Crippen molar-refractivity contribution in [1.82, 2.24) is 14.7 Å². The van der Waals surface area contributed by atoms with Gasteiger partial charge in [0, 0.05) is 30.3 Å². The maximum atomic E-state index is 12.2. The van der Waals surface area contributed by atoms with Crippen molar-refractivity contribution in [3.8, 4) is 22.5 Å². The molecule has 4 aromatic rings. The summed E-state index contributed by atoms with van der Waals surface area (Å²) >= 11 is 0. The van der Waals surface area contributed by atoms with Gasteiger partial charge in [-0.05, 0) is 26.0 Å². The number of ether oxygens (including phenoxy) is 2. The summed E-state index contributed by atoms with van der Waals surface area (Å²) in [5, 5.41) is 0. The van der Waals surface area contributed by atoms with Crippen LogP contribution in [0.2, 0.25) is 0 Å². The number of anilines is 1. The fraction of sp³-hybridized carbons (Fsp3) is 0.290. The second-order valence-corrected chi connectivity index (χ2v) is 11.1. The zero-order valence-corrected chi connectivity index (χ0v) is 23.8. The molecule has 1 N–H and O–H groups in total. The van der Waals surface area contributed by atoms with Gasteiger partial charge in [0.1, 0.15) is 5.82 Å². The summed E-state index contributed by atoms with van der Waals surface area (Å²) in [4.78, 5) is 12.3. The van der Waals surface area contributed by atoms with E-state index in [2.05, 4.69) is 35.6 Å². The first kappa shape index (κ1) is 29.4. The molecule has 0 unspecified atom stereocenters. The zero-order valence-electron chi connectivity index (χ0n) is 22.9. The highest BCUT2D eigenvalue weighted by Crippen LogP contribution is 2.30. The molecule has 0 aliphatic carbocycles. The number of aromatic nitrogens is 2. The van der Waals surface area contributed by atoms with Gasteiger partial charge >= 0.3 is 0 Å². The van der Waals surface area contributed by atoms with Gasteiger partial charge in [-0.1, -0.05) is 78.9 Å². The maximum Gasteiger partial charge on any atom is 0.240 e. The van der Waals surface area contributed by atoms with Gasteiger partial charge in [-0.2, -0.15) is 0 Å². The number of benzene rings is 3. The van der Waals surface area contributed by atoms with Crippen molar-refractivity contribution in [2.24, 2.45) is 0 Å². The molecule has 0 aliphatic rings. The molecule has 0 saturated heterocycles. The van der Waals surface area contributed by atoms with Crippen molar-refractivity contribution in [3.63, 3.8) is 0 Å². The van der Waals surface area contributed by atoms with E-state index in [4.69, 9.17) is 19.4 Å². The molecule has 0 fully saturated rings. The lowest BCUT2D eigenvalue weighted by atomic mass is 10.0. The van der Waals surface area contributed by atoms with Gasteiger partial charge in [-0.3, -0.25) is 4.98 Å². The third-order valence-corrected chi connectivity index (χ3v) is 7.69. The van der Waals surface area contributed by atoms with Crippen molar-refractivity contribution in [2.45, 2.75) is 24.8 Å². The minimum Gasteiger partial charge on any atom is -0.378 e. The van der Waals surface area contributed by atoms with Crippen LogP contribution in [0.5, 0.6) is 0 Å². The van der Waals surface area contributed by atoms with Crippen molar-refractivity contribution in [1.29, 1.82) is 0 Å². The van der Waals surface area contributed by atoms with E-state index in [-0.39, 0.29) is 24.1 Å². The molecule has 0 amide bonds. The van der Waals surface area contributed by atoms with Crippen LogP contribution in [-0.4, -0.2) is 63.9 Å². The summed E-state index contributed by atoms with van der Waals surface area (Å²) in [7, 11) is -3.52. The Hall–Kier alpha value is -3.63. The topological polar surface area (TPSA) is 93.7 Å². The highest BCUT2D eigenvalue weighted by Gasteiger charge is 2.17. The summed E-state index contributed by atoms with van der Waals surface area (Å²) in [6.45, 7) is 6.61. The van der Waals surface area contributed by atoms with Crippen molar-refractivity contribution in [3.05, 3.63) is 97.2 Å². The second kappa shape index (κ2) is 14.7. The van der Waals surface area contributed by atoms with E-state index in [9.17, 15) is 8.42 Å². The van der Waals surface area contributed by atoms with Crippen molar-refractivity contribution < 1.29 is 17.9 Å². The lowest BCUT2D eigenvalue weighted by Gasteiger charge is -2.28. The molecule has 0 radical (unpaired) electrons. The molecular formula is C31H36N4O4S. The summed E-state index contributed by atoms with van der Waals surface area (Å²) < 4.78 is 38.3. The average molecular weight is 561 g/mol. The quantitative estimate of drug-likeness (QED) is 0.204. The standard InChI is InChI=1S/C31H36N4O4S/c1-25(2)35(19-21-39-23-22-38-20-18-33-40(36,37)28-16-10-5-11-17-28)29-24-32-30(26-12-6-3-7-13-26)31(34-29)27-14-8-4-9-15-27/h3-17,24-25,33H,18-23H2,1-2H3. The van der Waals surface area contributed by atoms with Crippen LogP contribution in [0.3, 0.4) is 0 Å². The lowest BCUT2D eigenvalue weighted by Crippen LogP contribution is -2.35. The number of hydrogen-bond acceptors (Lipinski definition) is 7. The minimum atomic E-state index is -3.52. The molecular weight excluding hydrogens is 524 g/mol. The second-order valence-electron chi connectivity index (χ2n) is 9.38. The molecule has 9 heteroatoms. The van der Waals surface area contributed by atoms with E-state index in [1.54, 1.807) is 30.3 Å². The van der Waals surface area contributed by atoms with Gasteiger partial charge in [0.15, 0.2) is 0 Å². The van der Waals surface area contributed by atoms with Gasteiger partial charge in [0.2, 0.25) is 10.0 Å². The number of nitrogens with zero attached hydrogens (tertiary/aromatic N) is 3. The average Bonchev–Trinajstić information content (AvgIpc) is 2.99. The number of sulfonamides is 1. The van der Waals surface area contributed by atoms with Crippen LogP contribution < -0.4 is 9.62 Å². The van der Waals surface area contributed by atoms with Crippen LogP contribution in [0.1, 0.15) is 13.8 Å². The molecule has 0 atom stereocenters. The zero-order chi connectivity index (χ0) is 28.2. The molecule has 3 aromatic carbocycles. The Morgan fingerprint density at radius 1 is 0.750 bits per heavy atom. The maximum absolute atomic E-state index is 12.2. The lowest BCUT2D eigenvalue weighted by molar-refractivity contribution is 0.0523. The van der Waals surface area contributed by atoms with Crippen LogP contribution in [-0.2, 0) is 19.5 Å². The summed E-state index contributed by atoms with van der Waals surface area (Å²) in [6.07, 6.45) is 1.83. The van der Waals surface area contributed by atoms with E-state index in [1.807, 2.05) is 54.7 Å². The Kier molecular flexibility index (Phi) is 10.8. The Morgan fingerprint density at radius 2 is 1.30 bits per heavy atom. The first-order chi connectivity index (χ1) is 19.5. The van der Waals surface area contributed by atoms with Crippen LogP contribution in [0.4, 0.5) is 5.82 Å². The van der Waals surface area contributed by atoms with Crippen molar-refractivity contribution >= 4 is 15.8 Å². The predicted octanol–water partition coefficient (Wildman–Crippen LogP) is 5.04. The Labute approximate surface area is 237 Å². The van der Waals surface area contributed by atoms with Gasteiger partial charge in [-0.15, -0.1) is 0 Å². The summed E-state index contributed by atoms with van der Waals surface area (Å²) in [5.41, 5.74) is 3.72. The minimum absolute atomic E-state index is 0.193. The monoisotopic (exact) mass is 560 g/mol. The fourth-order valence-electron chi connectivity index (χ4n) is 4.18. The fourth-order valence-corrected chi connectivity index (χ4v) is 5.21.